The van der Waals surface area contributed by atoms with E-state index in [1.807, 2.05) is 0 Å². The number of benzene rings is 1. The summed E-state index contributed by atoms with van der Waals surface area (Å²) in [6.45, 7) is 6.89. The van der Waals surface area contributed by atoms with Crippen molar-refractivity contribution in [2.75, 3.05) is 38.0 Å². The van der Waals surface area contributed by atoms with Crippen molar-refractivity contribution in [1.82, 2.24) is 10.2 Å². The van der Waals surface area contributed by atoms with Crippen molar-refractivity contribution in [1.29, 1.82) is 0 Å². The van der Waals surface area contributed by atoms with Crippen LogP contribution in [0.15, 0.2) is 24.3 Å². The van der Waals surface area contributed by atoms with Gasteiger partial charge in [-0.1, -0.05) is 19.1 Å². The number of hydrogen-bond acceptors (Lipinski definition) is 5. The van der Waals surface area contributed by atoms with Crippen LogP contribution >= 0.6 is 0 Å². The van der Waals surface area contributed by atoms with Crippen LogP contribution in [0.25, 0.3) is 0 Å². The molecule has 0 radical (unpaired) electrons. The molecule has 0 saturated carbocycles. The summed E-state index contributed by atoms with van der Waals surface area (Å²) in [6, 6.07) is 6.46. The molecule has 1 atom stereocenters. The van der Waals surface area contributed by atoms with Gasteiger partial charge in [0.2, 0.25) is 5.91 Å². The molecule has 0 aliphatic carbocycles. The highest BCUT2D eigenvalue weighted by Crippen LogP contribution is 2.22. The summed E-state index contributed by atoms with van der Waals surface area (Å²) in [6.07, 6.45) is 5.02. The van der Waals surface area contributed by atoms with E-state index in [-0.39, 0.29) is 11.6 Å². The summed E-state index contributed by atoms with van der Waals surface area (Å²) < 4.78 is 0. The summed E-state index contributed by atoms with van der Waals surface area (Å²) in [5, 5.41) is 16.8. The molecule has 2 rings (SSSR count). The Hall–Kier alpha value is -2.15. The first kappa shape index (κ1) is 20.2. The van der Waals surface area contributed by atoms with E-state index in [4.69, 9.17) is 0 Å². The summed E-state index contributed by atoms with van der Waals surface area (Å²) in [7, 11) is 0. The van der Waals surface area contributed by atoms with Crippen LogP contribution in [-0.4, -0.2) is 48.5 Å². The Morgan fingerprint density at radius 1 is 1.31 bits per heavy atom. The zero-order chi connectivity index (χ0) is 18.8. The molecule has 1 aliphatic rings. The molecule has 0 spiro atoms. The maximum absolute atomic E-state index is 11.9. The van der Waals surface area contributed by atoms with Crippen LogP contribution in [0.1, 0.15) is 39.0 Å². The lowest BCUT2D eigenvalue weighted by molar-refractivity contribution is -0.384. The normalized spacial score (nSPS) is 17.7. The number of anilines is 1. The third kappa shape index (κ3) is 7.00. The molecular weight excluding hydrogens is 332 g/mol. The number of nitrogens with zero attached hydrogens (tertiary/aromatic N) is 2. The van der Waals surface area contributed by atoms with Crippen molar-refractivity contribution in [2.45, 2.75) is 39.0 Å². The smallest absolute Gasteiger partial charge is 0.292 e. The molecule has 144 valence electrons. The van der Waals surface area contributed by atoms with Gasteiger partial charge in [0.05, 0.1) is 4.92 Å². The second kappa shape index (κ2) is 10.8. The molecule has 7 nitrogen and oxygen atoms in total. The first-order valence-electron chi connectivity index (χ1n) is 9.52. The van der Waals surface area contributed by atoms with Crippen LogP contribution < -0.4 is 10.6 Å². The van der Waals surface area contributed by atoms with Gasteiger partial charge in [0.25, 0.3) is 5.69 Å². The second-order valence-corrected chi connectivity index (χ2v) is 7.06. The van der Waals surface area contributed by atoms with Crippen molar-refractivity contribution < 1.29 is 9.72 Å². The molecule has 2 N–H and O–H groups in total. The molecular formula is C19H30N4O3. The summed E-state index contributed by atoms with van der Waals surface area (Å²) in [5.41, 5.74) is 0.473. The van der Waals surface area contributed by atoms with Crippen LogP contribution in [0, 0.1) is 16.0 Å². The first-order valence-corrected chi connectivity index (χ1v) is 9.52. The predicted octanol–water partition coefficient (Wildman–Crippen LogP) is 3.03. The number of carbonyl (C=O) groups is 1. The Balaban J connectivity index is 1.55. The molecule has 7 heteroatoms. The third-order valence-corrected chi connectivity index (χ3v) is 4.73. The zero-order valence-corrected chi connectivity index (χ0v) is 15.6. The Morgan fingerprint density at radius 2 is 2.12 bits per heavy atom. The largest absolute Gasteiger partial charge is 0.379 e. The molecule has 0 aromatic heterocycles. The van der Waals surface area contributed by atoms with Crippen LogP contribution in [0.4, 0.5) is 11.4 Å². The lowest BCUT2D eigenvalue weighted by Crippen LogP contribution is -2.35. The number of piperidine rings is 1. The molecule has 1 aromatic rings. The van der Waals surface area contributed by atoms with E-state index in [0.29, 0.717) is 25.2 Å². The highest BCUT2D eigenvalue weighted by atomic mass is 16.6. The lowest BCUT2D eigenvalue weighted by Gasteiger charge is -2.30. The molecule has 1 heterocycles. The molecule has 1 fully saturated rings. The Labute approximate surface area is 155 Å². The standard InChI is InChI=1S/C19H30N4O3/c1-16-7-6-14-22(15-16)13-5-4-11-21-19(24)10-12-20-17-8-2-3-9-18(17)23(25)26/h2-3,8-9,16,20H,4-7,10-15H2,1H3,(H,21,24). The van der Waals surface area contributed by atoms with E-state index in [9.17, 15) is 14.9 Å². The van der Waals surface area contributed by atoms with Crippen molar-refractivity contribution in [2.24, 2.45) is 5.92 Å². The van der Waals surface area contributed by atoms with Gasteiger partial charge < -0.3 is 15.5 Å². The van der Waals surface area contributed by atoms with E-state index < -0.39 is 4.92 Å². The number of likely N-dealkylation sites (tertiary alicyclic amines) is 1. The monoisotopic (exact) mass is 362 g/mol. The van der Waals surface area contributed by atoms with Gasteiger partial charge >= 0.3 is 0 Å². The van der Waals surface area contributed by atoms with E-state index in [0.717, 1.165) is 25.3 Å². The van der Waals surface area contributed by atoms with E-state index in [2.05, 4.69) is 22.5 Å². The summed E-state index contributed by atoms with van der Waals surface area (Å²) in [5.74, 6) is 0.777. The van der Waals surface area contributed by atoms with E-state index in [1.165, 1.54) is 32.0 Å². The molecule has 26 heavy (non-hydrogen) atoms. The number of para-hydroxylation sites is 2. The van der Waals surface area contributed by atoms with Crippen LogP contribution in [-0.2, 0) is 4.79 Å². The fraction of sp³-hybridized carbons (Fsp3) is 0.632. The van der Waals surface area contributed by atoms with Gasteiger partial charge in [-0.3, -0.25) is 14.9 Å². The minimum atomic E-state index is -0.425. The topological polar surface area (TPSA) is 87.5 Å². The van der Waals surface area contributed by atoms with Crippen LogP contribution in [0.5, 0.6) is 0 Å². The second-order valence-electron chi connectivity index (χ2n) is 7.06. The lowest BCUT2D eigenvalue weighted by atomic mass is 10.0. The van der Waals surface area contributed by atoms with Crippen molar-refractivity contribution in [3.05, 3.63) is 34.4 Å². The fourth-order valence-electron chi connectivity index (χ4n) is 3.36. The van der Waals surface area contributed by atoms with Gasteiger partial charge in [0.1, 0.15) is 5.69 Å². The van der Waals surface area contributed by atoms with Crippen molar-refractivity contribution in [3.8, 4) is 0 Å². The number of hydrogen-bond donors (Lipinski definition) is 2. The summed E-state index contributed by atoms with van der Waals surface area (Å²) >= 11 is 0. The SMILES string of the molecule is CC1CCCN(CCCCNC(=O)CCNc2ccccc2[N+](=O)[O-])C1. The average Bonchev–Trinajstić information content (AvgIpc) is 2.62. The number of nitro benzene ring substituents is 1. The van der Waals surface area contributed by atoms with Crippen LogP contribution in [0.2, 0.25) is 0 Å². The number of amides is 1. The van der Waals surface area contributed by atoms with Gasteiger partial charge in [-0.2, -0.15) is 0 Å². The van der Waals surface area contributed by atoms with Gasteiger partial charge in [-0.25, -0.2) is 0 Å². The number of rotatable bonds is 10. The van der Waals surface area contributed by atoms with Crippen molar-refractivity contribution >= 4 is 17.3 Å². The highest BCUT2D eigenvalue weighted by molar-refractivity contribution is 5.76. The molecule has 1 unspecified atom stereocenters. The van der Waals surface area contributed by atoms with E-state index in [1.54, 1.807) is 18.2 Å². The number of carbonyl (C=O) groups excluding carboxylic acids is 1. The van der Waals surface area contributed by atoms with E-state index >= 15 is 0 Å². The first-order chi connectivity index (χ1) is 12.6. The number of unbranched alkanes of at least 4 members (excludes halogenated alkanes) is 1. The van der Waals surface area contributed by atoms with Crippen molar-refractivity contribution in [3.63, 3.8) is 0 Å². The maximum Gasteiger partial charge on any atom is 0.292 e. The maximum atomic E-state index is 11.9. The predicted molar refractivity (Wildman–Crippen MR) is 103 cm³/mol. The van der Waals surface area contributed by atoms with Gasteiger partial charge in [0, 0.05) is 32.1 Å². The van der Waals surface area contributed by atoms with Gasteiger partial charge in [-0.15, -0.1) is 0 Å². The average molecular weight is 362 g/mol. The third-order valence-electron chi connectivity index (χ3n) is 4.73. The zero-order valence-electron chi connectivity index (χ0n) is 15.6. The van der Waals surface area contributed by atoms with Gasteiger partial charge in [-0.05, 0) is 50.8 Å². The Morgan fingerprint density at radius 3 is 2.88 bits per heavy atom. The highest BCUT2D eigenvalue weighted by Gasteiger charge is 2.15. The fourth-order valence-corrected chi connectivity index (χ4v) is 3.36. The minimum absolute atomic E-state index is 0.0253. The number of nitro groups is 1. The molecule has 1 amide bonds. The Bertz CT molecular complexity index is 594. The van der Waals surface area contributed by atoms with Gasteiger partial charge in [0.15, 0.2) is 0 Å². The summed E-state index contributed by atoms with van der Waals surface area (Å²) in [4.78, 5) is 24.9. The molecule has 1 saturated heterocycles. The molecule has 1 aromatic carbocycles. The minimum Gasteiger partial charge on any atom is -0.379 e. The Kier molecular flexibility index (Phi) is 8.34. The molecule has 0 bridgehead atoms. The van der Waals surface area contributed by atoms with Crippen LogP contribution in [0.3, 0.4) is 0 Å². The number of nitrogens with one attached hydrogen (secondary N) is 2. The quantitative estimate of drug-likeness (QED) is 0.379. The molecule has 1 aliphatic heterocycles.